The topological polar surface area (TPSA) is 39.6 Å². The minimum absolute atomic E-state index is 0.340. The van der Waals surface area contributed by atoms with Crippen LogP contribution in [0.3, 0.4) is 0 Å². The van der Waals surface area contributed by atoms with Crippen molar-refractivity contribution in [1.29, 1.82) is 0 Å². The van der Waals surface area contributed by atoms with Gasteiger partial charge in [-0.2, -0.15) is 0 Å². The summed E-state index contributed by atoms with van der Waals surface area (Å²) in [5.41, 5.74) is 2.96. The number of rotatable bonds is 3. The number of aromatic nitrogens is 1. The van der Waals surface area contributed by atoms with Gasteiger partial charge in [-0.15, -0.1) is 0 Å². The second-order valence-corrected chi connectivity index (χ2v) is 5.47. The van der Waals surface area contributed by atoms with Gasteiger partial charge in [0, 0.05) is 25.3 Å². The predicted octanol–water partition coefficient (Wildman–Crippen LogP) is 2.39. The Kier molecular flexibility index (Phi) is 7.05. The molecule has 1 aromatic rings. The molecule has 2 unspecified atom stereocenters. The lowest BCUT2D eigenvalue weighted by atomic mass is 10.0. The highest BCUT2D eigenvalue weighted by atomic mass is 19.1. The zero-order valence-corrected chi connectivity index (χ0v) is 13.8. The summed E-state index contributed by atoms with van der Waals surface area (Å²) in [6, 6.07) is 3.98. The Morgan fingerprint density at radius 1 is 1.38 bits per heavy atom. The van der Waals surface area contributed by atoms with Gasteiger partial charge in [0.15, 0.2) is 0 Å². The van der Waals surface area contributed by atoms with Crippen molar-refractivity contribution < 1.29 is 9.50 Å². The SMILES string of the molecule is CC.Cc1ccc(N2CCC(F)C(O)C2)c(CN(C)C)n1. The largest absolute Gasteiger partial charge is 0.388 e. The molecule has 0 spiro atoms. The quantitative estimate of drug-likeness (QED) is 0.930. The fourth-order valence-corrected chi connectivity index (χ4v) is 2.43. The number of alkyl halides is 1. The van der Waals surface area contributed by atoms with Crippen LogP contribution in [-0.4, -0.2) is 54.5 Å². The fraction of sp³-hybridized carbons (Fsp3) is 0.688. The van der Waals surface area contributed by atoms with Crippen LogP contribution in [0.25, 0.3) is 0 Å². The summed E-state index contributed by atoms with van der Waals surface area (Å²) in [4.78, 5) is 8.67. The first kappa shape index (κ1) is 17.9. The monoisotopic (exact) mass is 297 g/mol. The van der Waals surface area contributed by atoms with Crippen molar-refractivity contribution in [1.82, 2.24) is 9.88 Å². The van der Waals surface area contributed by atoms with E-state index in [2.05, 4.69) is 9.88 Å². The molecule has 0 aliphatic carbocycles. The molecule has 0 aromatic carbocycles. The van der Waals surface area contributed by atoms with Crippen LogP contribution in [0.5, 0.6) is 0 Å². The molecule has 1 aliphatic heterocycles. The van der Waals surface area contributed by atoms with E-state index in [-0.39, 0.29) is 0 Å². The number of pyridine rings is 1. The maximum Gasteiger partial charge on any atom is 0.129 e. The first-order valence-corrected chi connectivity index (χ1v) is 7.65. The van der Waals surface area contributed by atoms with Gasteiger partial charge in [0.2, 0.25) is 0 Å². The van der Waals surface area contributed by atoms with Crippen molar-refractivity contribution >= 4 is 5.69 Å². The van der Waals surface area contributed by atoms with Gasteiger partial charge < -0.3 is 14.9 Å². The molecule has 0 bridgehead atoms. The van der Waals surface area contributed by atoms with Crippen LogP contribution in [0, 0.1) is 6.92 Å². The molecule has 1 saturated heterocycles. The molecular formula is C16H28FN3O. The highest BCUT2D eigenvalue weighted by Gasteiger charge is 2.28. The molecular weight excluding hydrogens is 269 g/mol. The van der Waals surface area contributed by atoms with E-state index in [9.17, 15) is 9.50 Å². The van der Waals surface area contributed by atoms with Crippen molar-refractivity contribution in [3.05, 3.63) is 23.5 Å². The molecule has 0 saturated carbocycles. The number of piperidine rings is 1. The van der Waals surface area contributed by atoms with Crippen LogP contribution in [0.2, 0.25) is 0 Å². The highest BCUT2D eigenvalue weighted by Crippen LogP contribution is 2.25. The van der Waals surface area contributed by atoms with Gasteiger partial charge in [0.25, 0.3) is 0 Å². The molecule has 4 nitrogen and oxygen atoms in total. The number of halogens is 1. The third-order valence-electron chi connectivity index (χ3n) is 3.40. The van der Waals surface area contributed by atoms with Crippen LogP contribution in [0.15, 0.2) is 12.1 Å². The average Bonchev–Trinajstić information content (AvgIpc) is 2.44. The minimum Gasteiger partial charge on any atom is -0.388 e. The van der Waals surface area contributed by atoms with E-state index < -0.39 is 12.3 Å². The summed E-state index contributed by atoms with van der Waals surface area (Å²) in [7, 11) is 3.99. The van der Waals surface area contributed by atoms with Gasteiger partial charge >= 0.3 is 0 Å². The van der Waals surface area contributed by atoms with Gasteiger partial charge in [-0.3, -0.25) is 4.98 Å². The number of β-amino-alcohol motifs (C(OH)–C–C–N with tert-alkyl or cyclic N) is 1. The summed E-state index contributed by atoms with van der Waals surface area (Å²) in [5, 5.41) is 9.69. The second kappa shape index (κ2) is 8.29. The van der Waals surface area contributed by atoms with Gasteiger partial charge in [-0.1, -0.05) is 13.8 Å². The number of nitrogens with zero attached hydrogens (tertiary/aromatic N) is 3. The Hall–Kier alpha value is -1.20. The molecule has 120 valence electrons. The van der Waals surface area contributed by atoms with Crippen LogP contribution in [0.1, 0.15) is 31.7 Å². The normalized spacial score (nSPS) is 22.0. The molecule has 21 heavy (non-hydrogen) atoms. The van der Waals surface area contributed by atoms with Crippen LogP contribution in [-0.2, 0) is 6.54 Å². The number of hydrogen-bond acceptors (Lipinski definition) is 4. The van der Waals surface area contributed by atoms with Crippen LogP contribution >= 0.6 is 0 Å². The molecule has 2 rings (SSSR count). The standard InChI is InChI=1S/C14H22FN3O.C2H6/c1-10-4-5-13(12(16-10)8-17(2)3)18-7-6-11(15)14(19)9-18;1-2/h4-5,11,14,19H,6-9H2,1-3H3;1-2H3. The Morgan fingerprint density at radius 2 is 2.05 bits per heavy atom. The summed E-state index contributed by atoms with van der Waals surface area (Å²) in [6.45, 7) is 7.67. The van der Waals surface area contributed by atoms with Gasteiger partial charge in [-0.25, -0.2) is 4.39 Å². The Balaban J connectivity index is 0.00000106. The molecule has 2 atom stereocenters. The van der Waals surface area contributed by atoms with Crippen molar-refractivity contribution in [2.75, 3.05) is 32.1 Å². The Bertz CT molecular complexity index is 440. The summed E-state index contributed by atoms with van der Waals surface area (Å²) in [6.07, 6.45) is -1.63. The summed E-state index contributed by atoms with van der Waals surface area (Å²) < 4.78 is 13.3. The zero-order chi connectivity index (χ0) is 16.0. The Labute approximate surface area is 127 Å². The van der Waals surface area contributed by atoms with Crippen molar-refractivity contribution in [2.45, 2.75) is 46.0 Å². The molecule has 0 radical (unpaired) electrons. The van der Waals surface area contributed by atoms with Gasteiger partial charge in [0.1, 0.15) is 12.3 Å². The molecule has 0 amide bonds. The van der Waals surface area contributed by atoms with E-state index in [1.54, 1.807) is 0 Å². The molecule has 1 aromatic heterocycles. The fourth-order valence-electron chi connectivity index (χ4n) is 2.43. The minimum atomic E-state index is -1.10. The van der Waals surface area contributed by atoms with E-state index in [4.69, 9.17) is 0 Å². The molecule has 1 N–H and O–H groups in total. The zero-order valence-electron chi connectivity index (χ0n) is 13.8. The van der Waals surface area contributed by atoms with Crippen molar-refractivity contribution in [2.24, 2.45) is 0 Å². The van der Waals surface area contributed by atoms with Crippen molar-refractivity contribution in [3.8, 4) is 0 Å². The smallest absolute Gasteiger partial charge is 0.129 e. The third-order valence-corrected chi connectivity index (χ3v) is 3.40. The number of anilines is 1. The van der Waals surface area contributed by atoms with Crippen LogP contribution < -0.4 is 4.90 Å². The summed E-state index contributed by atoms with van der Waals surface area (Å²) in [5.74, 6) is 0. The second-order valence-electron chi connectivity index (χ2n) is 5.47. The van der Waals surface area contributed by atoms with E-state index in [0.29, 0.717) is 19.5 Å². The van der Waals surface area contributed by atoms with Gasteiger partial charge in [-0.05, 0) is 39.6 Å². The van der Waals surface area contributed by atoms with E-state index in [1.165, 1.54) is 0 Å². The van der Waals surface area contributed by atoms with Gasteiger partial charge in [0.05, 0.1) is 11.4 Å². The maximum absolute atomic E-state index is 13.3. The van der Waals surface area contributed by atoms with E-state index in [1.807, 2.05) is 51.9 Å². The number of hydrogen-bond donors (Lipinski definition) is 1. The number of aryl methyl sites for hydroxylation is 1. The maximum atomic E-state index is 13.3. The lowest BCUT2D eigenvalue weighted by Gasteiger charge is -2.35. The first-order chi connectivity index (χ1) is 9.97. The van der Waals surface area contributed by atoms with Crippen molar-refractivity contribution in [3.63, 3.8) is 0 Å². The molecule has 1 aliphatic rings. The number of aliphatic hydroxyl groups excluding tert-OH is 1. The highest BCUT2D eigenvalue weighted by molar-refractivity contribution is 5.52. The van der Waals surface area contributed by atoms with Crippen LogP contribution in [0.4, 0.5) is 10.1 Å². The predicted molar refractivity (Wildman–Crippen MR) is 85.4 cm³/mol. The first-order valence-electron chi connectivity index (χ1n) is 7.65. The Morgan fingerprint density at radius 3 is 2.62 bits per heavy atom. The van der Waals surface area contributed by atoms with E-state index >= 15 is 0 Å². The third kappa shape index (κ3) is 4.93. The summed E-state index contributed by atoms with van der Waals surface area (Å²) >= 11 is 0. The number of aliphatic hydroxyl groups is 1. The van der Waals surface area contributed by atoms with E-state index in [0.717, 1.165) is 23.6 Å². The molecule has 1 fully saturated rings. The lowest BCUT2D eigenvalue weighted by Crippen LogP contribution is -2.45. The molecule has 2 heterocycles. The lowest BCUT2D eigenvalue weighted by molar-refractivity contribution is 0.0644. The average molecular weight is 297 g/mol. The molecule has 5 heteroatoms.